The lowest BCUT2D eigenvalue weighted by Gasteiger charge is -2.29. The fourth-order valence-corrected chi connectivity index (χ4v) is 3.86. The SMILES string of the molecule is Cc1ccc(C)c2c(C)c(C(=O)N3CCCc4c(N)cccc43)oc12. The van der Waals surface area contributed by atoms with Crippen molar-refractivity contribution in [2.45, 2.75) is 33.6 Å². The molecule has 0 atom stereocenters. The topological polar surface area (TPSA) is 59.5 Å². The summed E-state index contributed by atoms with van der Waals surface area (Å²) >= 11 is 0. The maximum Gasteiger partial charge on any atom is 0.294 e. The Hall–Kier alpha value is -2.75. The molecule has 128 valence electrons. The minimum absolute atomic E-state index is 0.0842. The first-order valence-corrected chi connectivity index (χ1v) is 8.67. The van der Waals surface area contributed by atoms with Gasteiger partial charge in [0.25, 0.3) is 5.91 Å². The summed E-state index contributed by atoms with van der Waals surface area (Å²) in [6, 6.07) is 9.87. The van der Waals surface area contributed by atoms with Gasteiger partial charge in [0, 0.05) is 28.9 Å². The van der Waals surface area contributed by atoms with Crippen molar-refractivity contribution < 1.29 is 9.21 Å². The quantitative estimate of drug-likeness (QED) is 0.665. The summed E-state index contributed by atoms with van der Waals surface area (Å²) in [5, 5.41) is 1.05. The summed E-state index contributed by atoms with van der Waals surface area (Å²) in [6.07, 6.45) is 1.81. The third-order valence-corrected chi connectivity index (χ3v) is 5.21. The van der Waals surface area contributed by atoms with Gasteiger partial charge in [-0.2, -0.15) is 0 Å². The van der Waals surface area contributed by atoms with E-state index in [1.165, 1.54) is 0 Å². The summed E-state index contributed by atoms with van der Waals surface area (Å²) < 4.78 is 6.05. The van der Waals surface area contributed by atoms with E-state index in [4.69, 9.17) is 10.2 Å². The van der Waals surface area contributed by atoms with Crippen LogP contribution in [0.2, 0.25) is 0 Å². The van der Waals surface area contributed by atoms with E-state index in [1.807, 2.05) is 43.0 Å². The summed E-state index contributed by atoms with van der Waals surface area (Å²) in [5.74, 6) is 0.349. The van der Waals surface area contributed by atoms with E-state index in [-0.39, 0.29) is 5.91 Å². The van der Waals surface area contributed by atoms with Crippen LogP contribution in [0.25, 0.3) is 11.0 Å². The molecular weight excluding hydrogens is 312 g/mol. The molecule has 2 N–H and O–H groups in total. The van der Waals surface area contributed by atoms with Crippen LogP contribution >= 0.6 is 0 Å². The molecular formula is C21H22N2O2. The molecule has 1 aromatic heterocycles. The highest BCUT2D eigenvalue weighted by atomic mass is 16.3. The maximum atomic E-state index is 13.3. The minimum atomic E-state index is -0.0842. The highest BCUT2D eigenvalue weighted by Crippen LogP contribution is 2.35. The average molecular weight is 334 g/mol. The Morgan fingerprint density at radius 2 is 1.88 bits per heavy atom. The van der Waals surface area contributed by atoms with Crippen LogP contribution in [0.1, 0.15) is 39.2 Å². The normalized spacial score (nSPS) is 14.0. The molecule has 0 spiro atoms. The van der Waals surface area contributed by atoms with Gasteiger partial charge in [-0.05, 0) is 62.4 Å². The van der Waals surface area contributed by atoms with Gasteiger partial charge >= 0.3 is 0 Å². The van der Waals surface area contributed by atoms with Crippen molar-refractivity contribution in [3.05, 3.63) is 58.3 Å². The lowest BCUT2D eigenvalue weighted by atomic mass is 9.99. The lowest BCUT2D eigenvalue weighted by Crippen LogP contribution is -2.35. The van der Waals surface area contributed by atoms with Gasteiger partial charge in [-0.1, -0.05) is 18.2 Å². The molecule has 0 bridgehead atoms. The first-order valence-electron chi connectivity index (χ1n) is 8.67. The van der Waals surface area contributed by atoms with Crippen LogP contribution in [-0.2, 0) is 6.42 Å². The molecule has 1 amide bonds. The zero-order valence-corrected chi connectivity index (χ0v) is 14.8. The number of hydrogen-bond acceptors (Lipinski definition) is 3. The molecule has 4 rings (SSSR count). The Balaban J connectivity index is 1.85. The Labute approximate surface area is 147 Å². The van der Waals surface area contributed by atoms with Gasteiger partial charge in [0.05, 0.1) is 0 Å². The number of benzene rings is 2. The number of furan rings is 1. The predicted octanol–water partition coefficient (Wildman–Crippen LogP) is 4.53. The first-order chi connectivity index (χ1) is 12.0. The number of nitrogen functional groups attached to an aromatic ring is 1. The van der Waals surface area contributed by atoms with Crippen molar-refractivity contribution in [1.29, 1.82) is 0 Å². The third-order valence-electron chi connectivity index (χ3n) is 5.21. The van der Waals surface area contributed by atoms with Gasteiger partial charge in [0.2, 0.25) is 0 Å². The van der Waals surface area contributed by atoms with Crippen molar-refractivity contribution in [2.24, 2.45) is 0 Å². The van der Waals surface area contributed by atoms with Gasteiger partial charge in [-0.3, -0.25) is 4.79 Å². The first kappa shape index (κ1) is 15.8. The second kappa shape index (κ2) is 5.66. The predicted molar refractivity (Wildman–Crippen MR) is 101 cm³/mol. The largest absolute Gasteiger partial charge is 0.450 e. The zero-order chi connectivity index (χ0) is 17.7. The molecule has 3 aromatic rings. The average Bonchev–Trinajstić information content (AvgIpc) is 2.96. The van der Waals surface area contributed by atoms with Gasteiger partial charge in [0.1, 0.15) is 5.58 Å². The van der Waals surface area contributed by atoms with E-state index in [0.29, 0.717) is 12.3 Å². The molecule has 0 radical (unpaired) electrons. The number of rotatable bonds is 1. The van der Waals surface area contributed by atoms with Crippen LogP contribution in [0.3, 0.4) is 0 Å². The standard InChI is InChI=1S/C21H22N2O2/c1-12-9-10-13(2)19-18(12)14(3)20(25-19)21(24)23-11-5-6-15-16(22)7-4-8-17(15)23/h4,7-10H,5-6,11,22H2,1-3H3. The van der Waals surface area contributed by atoms with Crippen LogP contribution in [0, 0.1) is 20.8 Å². The Bertz CT molecular complexity index is 1000. The van der Waals surface area contributed by atoms with Gasteiger partial charge in [-0.15, -0.1) is 0 Å². The molecule has 1 aliphatic heterocycles. The zero-order valence-electron chi connectivity index (χ0n) is 14.8. The Morgan fingerprint density at radius 1 is 1.12 bits per heavy atom. The summed E-state index contributed by atoms with van der Waals surface area (Å²) in [4.78, 5) is 15.1. The molecule has 0 saturated carbocycles. The van der Waals surface area contributed by atoms with Crippen molar-refractivity contribution in [3.8, 4) is 0 Å². The Morgan fingerprint density at radius 3 is 2.64 bits per heavy atom. The fraction of sp³-hybridized carbons (Fsp3) is 0.286. The van der Waals surface area contributed by atoms with Crippen molar-refractivity contribution in [3.63, 3.8) is 0 Å². The van der Waals surface area contributed by atoms with Crippen molar-refractivity contribution in [1.82, 2.24) is 0 Å². The van der Waals surface area contributed by atoms with Crippen molar-refractivity contribution in [2.75, 3.05) is 17.2 Å². The monoisotopic (exact) mass is 334 g/mol. The molecule has 0 aliphatic carbocycles. The molecule has 2 heterocycles. The van der Waals surface area contributed by atoms with Crippen molar-refractivity contribution >= 4 is 28.3 Å². The number of anilines is 2. The maximum absolute atomic E-state index is 13.3. The van der Waals surface area contributed by atoms with E-state index < -0.39 is 0 Å². The summed E-state index contributed by atoms with van der Waals surface area (Å²) in [6.45, 7) is 6.71. The number of nitrogens with two attached hydrogens (primary N) is 1. The van der Waals surface area contributed by atoms with Crippen LogP contribution in [0.4, 0.5) is 11.4 Å². The molecule has 0 unspecified atom stereocenters. The van der Waals surface area contributed by atoms with Gasteiger partial charge < -0.3 is 15.1 Å². The van der Waals surface area contributed by atoms with Gasteiger partial charge in [0.15, 0.2) is 5.76 Å². The summed E-state index contributed by atoms with van der Waals surface area (Å²) in [5.41, 5.74) is 12.7. The smallest absolute Gasteiger partial charge is 0.294 e. The van der Waals surface area contributed by atoms with E-state index in [9.17, 15) is 4.79 Å². The molecule has 4 nitrogen and oxygen atoms in total. The number of nitrogens with zero attached hydrogens (tertiary/aromatic N) is 1. The molecule has 0 saturated heterocycles. The molecule has 1 aliphatic rings. The van der Waals surface area contributed by atoms with E-state index in [2.05, 4.69) is 13.0 Å². The highest BCUT2D eigenvalue weighted by molar-refractivity contribution is 6.09. The number of hydrogen-bond donors (Lipinski definition) is 1. The van der Waals surface area contributed by atoms with E-state index in [1.54, 1.807) is 0 Å². The Kier molecular flexibility index (Phi) is 3.57. The number of amides is 1. The summed E-state index contributed by atoms with van der Waals surface area (Å²) in [7, 11) is 0. The second-order valence-electron chi connectivity index (χ2n) is 6.86. The number of fused-ring (bicyclic) bond motifs is 2. The number of carbonyl (C=O) groups is 1. The third kappa shape index (κ3) is 2.32. The molecule has 25 heavy (non-hydrogen) atoms. The van der Waals surface area contributed by atoms with E-state index in [0.717, 1.165) is 57.4 Å². The van der Waals surface area contributed by atoms with Crippen LogP contribution < -0.4 is 10.6 Å². The highest BCUT2D eigenvalue weighted by Gasteiger charge is 2.29. The molecule has 2 aromatic carbocycles. The van der Waals surface area contributed by atoms with Crippen LogP contribution in [0.5, 0.6) is 0 Å². The number of aryl methyl sites for hydroxylation is 3. The lowest BCUT2D eigenvalue weighted by molar-refractivity contribution is 0.0959. The molecule has 4 heteroatoms. The minimum Gasteiger partial charge on any atom is -0.450 e. The fourth-order valence-electron chi connectivity index (χ4n) is 3.86. The van der Waals surface area contributed by atoms with Crippen LogP contribution in [-0.4, -0.2) is 12.5 Å². The van der Waals surface area contributed by atoms with Crippen LogP contribution in [0.15, 0.2) is 34.7 Å². The number of carbonyl (C=O) groups excluding carboxylic acids is 1. The van der Waals surface area contributed by atoms with Gasteiger partial charge in [-0.25, -0.2) is 0 Å². The van der Waals surface area contributed by atoms with E-state index >= 15 is 0 Å². The second-order valence-corrected chi connectivity index (χ2v) is 6.86. The molecule has 0 fully saturated rings.